The standard InChI is InChI=1S/C9H12IN5O3/c1-3-5(16)6(17)9(18-3)15-2-12-8-4(15)7(11)13-10-14-8/h2-3,5-6,9,16-17H,1H3,(H2,11,13,14). The minimum absolute atomic E-state index is 0.357. The highest BCUT2D eigenvalue weighted by molar-refractivity contribution is 14.1. The summed E-state index contributed by atoms with van der Waals surface area (Å²) in [5.74, 6) is 0.885. The van der Waals surface area contributed by atoms with Gasteiger partial charge in [0.2, 0.25) is 0 Å². The number of imidazole rings is 1. The van der Waals surface area contributed by atoms with Gasteiger partial charge in [-0.1, -0.05) is 0 Å². The van der Waals surface area contributed by atoms with Crippen LogP contribution in [0.15, 0.2) is 12.7 Å². The van der Waals surface area contributed by atoms with Crippen molar-refractivity contribution in [3.63, 3.8) is 0 Å². The highest BCUT2D eigenvalue weighted by Crippen LogP contribution is 2.34. The highest BCUT2D eigenvalue weighted by atomic mass is 127. The molecule has 1 aromatic heterocycles. The lowest BCUT2D eigenvalue weighted by molar-refractivity contribution is -0.0324. The summed E-state index contributed by atoms with van der Waals surface area (Å²) in [6.07, 6.45) is -1.62. The number of nitrogens with two attached hydrogens (primary N) is 1. The third-order valence-electron chi connectivity index (χ3n) is 3.01. The Morgan fingerprint density at radius 1 is 1.44 bits per heavy atom. The lowest BCUT2D eigenvalue weighted by atomic mass is 10.1. The summed E-state index contributed by atoms with van der Waals surface area (Å²) in [6, 6.07) is 0. The molecule has 4 atom stereocenters. The van der Waals surface area contributed by atoms with Gasteiger partial charge < -0.3 is 20.7 Å². The van der Waals surface area contributed by atoms with E-state index in [1.807, 2.05) is 0 Å². The van der Waals surface area contributed by atoms with Crippen LogP contribution in [0.4, 0.5) is 5.82 Å². The number of aromatic nitrogens is 2. The molecule has 8 nitrogen and oxygen atoms in total. The van der Waals surface area contributed by atoms with Crippen LogP contribution in [0.1, 0.15) is 18.8 Å². The van der Waals surface area contributed by atoms with E-state index in [0.29, 0.717) is 17.3 Å². The second-order valence-electron chi connectivity index (χ2n) is 4.17. The first-order valence-electron chi connectivity index (χ1n) is 5.36. The van der Waals surface area contributed by atoms with Gasteiger partial charge in [-0.15, -0.1) is 0 Å². The fourth-order valence-electron chi connectivity index (χ4n) is 2.05. The Morgan fingerprint density at radius 2 is 2.22 bits per heavy atom. The van der Waals surface area contributed by atoms with Crippen LogP contribution < -0.4 is 5.73 Å². The van der Waals surface area contributed by atoms with E-state index in [2.05, 4.69) is 11.3 Å². The van der Waals surface area contributed by atoms with Crippen molar-refractivity contribution in [1.29, 1.82) is 0 Å². The van der Waals surface area contributed by atoms with Crippen LogP contribution in [-0.4, -0.2) is 43.9 Å². The van der Waals surface area contributed by atoms with Crippen LogP contribution in [-0.2, 0) is 4.74 Å². The molecular weight excluding hydrogens is 353 g/mol. The summed E-state index contributed by atoms with van der Waals surface area (Å²) in [7, 11) is 0. The van der Waals surface area contributed by atoms with E-state index >= 15 is 0 Å². The van der Waals surface area contributed by atoms with E-state index in [0.717, 1.165) is 0 Å². The molecule has 0 saturated carbocycles. The maximum atomic E-state index is 9.96. The molecule has 2 aliphatic rings. The minimum atomic E-state index is -1.03. The van der Waals surface area contributed by atoms with Gasteiger partial charge in [0.05, 0.1) is 6.10 Å². The first kappa shape index (κ1) is 12.1. The molecule has 4 N–H and O–H groups in total. The summed E-state index contributed by atoms with van der Waals surface area (Å²) < 4.78 is 15.4. The van der Waals surface area contributed by atoms with Crippen molar-refractivity contribution < 1.29 is 14.9 Å². The number of aliphatic hydroxyl groups is 2. The maximum Gasteiger partial charge on any atom is 0.188 e. The normalized spacial score (nSPS) is 34.9. The second kappa shape index (κ2) is 4.33. The van der Waals surface area contributed by atoms with Crippen LogP contribution in [0.5, 0.6) is 0 Å². The van der Waals surface area contributed by atoms with E-state index in [1.165, 1.54) is 6.33 Å². The monoisotopic (exact) mass is 365 g/mol. The first-order valence-corrected chi connectivity index (χ1v) is 7.29. The highest BCUT2D eigenvalue weighted by Gasteiger charge is 2.42. The van der Waals surface area contributed by atoms with Crippen LogP contribution in [0.3, 0.4) is 0 Å². The number of amidine groups is 1. The van der Waals surface area contributed by atoms with Gasteiger partial charge in [0.25, 0.3) is 0 Å². The number of hydrogen-bond donors (Lipinski definition) is 3. The van der Waals surface area contributed by atoms with Crippen LogP contribution in [0.2, 0.25) is 0 Å². The Bertz CT molecular complexity index is 542. The van der Waals surface area contributed by atoms with Gasteiger partial charge >= 0.3 is 0 Å². The van der Waals surface area contributed by atoms with E-state index in [4.69, 9.17) is 10.5 Å². The second-order valence-corrected chi connectivity index (χ2v) is 5.56. The molecule has 0 amide bonds. The van der Waals surface area contributed by atoms with Crippen molar-refractivity contribution in [2.45, 2.75) is 31.5 Å². The third kappa shape index (κ3) is 1.69. The number of rotatable bonds is 1. The molecule has 4 unspecified atom stereocenters. The van der Waals surface area contributed by atoms with Crippen LogP contribution in [0.25, 0.3) is 0 Å². The average Bonchev–Trinajstić information content (AvgIpc) is 2.88. The SMILES string of the molecule is CC1OC(n2cnc3c2C(N)=NI=N3)C(O)C1O. The first-order chi connectivity index (χ1) is 8.59. The van der Waals surface area contributed by atoms with Gasteiger partial charge in [-0.05, 0) is 6.92 Å². The predicted octanol–water partition coefficient (Wildman–Crippen LogP) is -0.0581. The zero-order chi connectivity index (χ0) is 12.9. The molecule has 1 fully saturated rings. The molecule has 2 aliphatic heterocycles. The molecule has 0 radical (unpaired) electrons. The van der Waals surface area contributed by atoms with Gasteiger partial charge in [0.1, 0.15) is 45.5 Å². The van der Waals surface area contributed by atoms with E-state index < -0.39 is 45.8 Å². The molecule has 0 aromatic carbocycles. The molecule has 0 aliphatic carbocycles. The Balaban J connectivity index is 2.03. The van der Waals surface area contributed by atoms with Crippen LogP contribution >= 0.6 is 21.3 Å². The van der Waals surface area contributed by atoms with Crippen molar-refractivity contribution in [3.05, 3.63) is 12.0 Å². The molecule has 1 aromatic rings. The molecule has 9 heteroatoms. The van der Waals surface area contributed by atoms with Gasteiger partial charge in [0, 0.05) is 0 Å². The Hall–Kier alpha value is -0.910. The van der Waals surface area contributed by atoms with Crippen molar-refractivity contribution in [2.75, 3.05) is 0 Å². The molecule has 3 rings (SSSR count). The topological polar surface area (TPSA) is 118 Å². The number of ether oxygens (including phenoxy) is 1. The van der Waals surface area contributed by atoms with Gasteiger partial charge in [-0.2, -0.15) is 6.35 Å². The predicted molar refractivity (Wildman–Crippen MR) is 70.7 cm³/mol. The van der Waals surface area contributed by atoms with Gasteiger partial charge in [-0.3, -0.25) is 4.57 Å². The molecule has 18 heavy (non-hydrogen) atoms. The Morgan fingerprint density at radius 3 is 2.89 bits per heavy atom. The summed E-state index contributed by atoms with van der Waals surface area (Å²) in [5.41, 5.74) is 6.38. The maximum absolute atomic E-state index is 9.96. The van der Waals surface area contributed by atoms with Crippen LogP contribution in [0, 0.1) is 0 Å². The summed E-state index contributed by atoms with van der Waals surface area (Å²) in [5, 5.41) is 19.7. The molecule has 98 valence electrons. The van der Waals surface area contributed by atoms with Crippen molar-refractivity contribution in [2.24, 2.45) is 12.1 Å². The fraction of sp³-hybridized carbons (Fsp3) is 0.556. The summed E-state index contributed by atoms with van der Waals surface area (Å²) in [4.78, 5) is 4.13. The van der Waals surface area contributed by atoms with Gasteiger partial charge in [-0.25, -0.2) is 4.98 Å². The molecular formula is C9H12IN5O3. The molecule has 0 spiro atoms. The summed E-state index contributed by atoms with van der Waals surface area (Å²) >= 11 is -0.684. The largest absolute Gasteiger partial charge is 0.388 e. The Kier molecular flexibility index (Phi) is 2.92. The van der Waals surface area contributed by atoms with Gasteiger partial charge in [0.15, 0.2) is 17.9 Å². The van der Waals surface area contributed by atoms with Crippen molar-refractivity contribution in [3.8, 4) is 0 Å². The molecule has 3 heterocycles. The minimum Gasteiger partial charge on any atom is -0.388 e. The number of fused-ring (bicyclic) bond motifs is 1. The quantitative estimate of drug-likeness (QED) is 0.603. The number of aliphatic hydroxyl groups excluding tert-OH is 2. The third-order valence-corrected chi connectivity index (χ3v) is 4.42. The summed E-state index contributed by atoms with van der Waals surface area (Å²) in [6.45, 7) is 1.70. The number of halogens is 1. The lowest BCUT2D eigenvalue weighted by Crippen LogP contribution is -2.31. The Labute approximate surface area is 113 Å². The van der Waals surface area contributed by atoms with E-state index in [1.54, 1.807) is 11.5 Å². The zero-order valence-electron chi connectivity index (χ0n) is 9.43. The smallest absolute Gasteiger partial charge is 0.188 e. The zero-order valence-corrected chi connectivity index (χ0v) is 11.6. The number of hydrogen-bond acceptors (Lipinski definition) is 7. The van der Waals surface area contributed by atoms with E-state index in [9.17, 15) is 10.2 Å². The average molecular weight is 365 g/mol. The lowest BCUT2D eigenvalue weighted by Gasteiger charge is -2.19. The van der Waals surface area contributed by atoms with Crippen molar-refractivity contribution >= 4 is 33.0 Å². The molecule has 0 bridgehead atoms. The number of nitrogens with zero attached hydrogens (tertiary/aromatic N) is 4. The molecule has 1 saturated heterocycles. The fourth-order valence-corrected chi connectivity index (χ4v) is 3.17. The van der Waals surface area contributed by atoms with Crippen molar-refractivity contribution in [1.82, 2.24) is 9.55 Å². The van der Waals surface area contributed by atoms with E-state index in [-0.39, 0.29) is 0 Å².